The van der Waals surface area contributed by atoms with Crippen LogP contribution in [0.4, 0.5) is 0 Å². The van der Waals surface area contributed by atoms with E-state index in [1.54, 1.807) is 0 Å². The van der Waals surface area contributed by atoms with Crippen LogP contribution in [0.2, 0.25) is 0 Å². The summed E-state index contributed by atoms with van der Waals surface area (Å²) in [5.74, 6) is 0.614. The van der Waals surface area contributed by atoms with Gasteiger partial charge in [-0.15, -0.1) is 0 Å². The zero-order valence-electron chi connectivity index (χ0n) is 11.8. The summed E-state index contributed by atoms with van der Waals surface area (Å²) < 4.78 is 1.01. The highest BCUT2D eigenvalue weighted by molar-refractivity contribution is 9.10. The van der Waals surface area contributed by atoms with Gasteiger partial charge in [0.1, 0.15) is 5.82 Å². The van der Waals surface area contributed by atoms with Gasteiger partial charge in [0.05, 0.1) is 5.69 Å². The molecule has 0 atom stereocenters. The molecule has 2 rings (SSSR count). The van der Waals surface area contributed by atoms with Gasteiger partial charge in [-0.25, -0.2) is 4.98 Å². The fourth-order valence-corrected chi connectivity index (χ4v) is 2.40. The van der Waals surface area contributed by atoms with Crippen molar-refractivity contribution in [1.29, 1.82) is 0 Å². The minimum absolute atomic E-state index is 0.127. The molecular formula is C15H18BrN3O. The normalized spacial score (nSPS) is 11.1. The first-order valence-electron chi connectivity index (χ1n) is 6.56. The summed E-state index contributed by atoms with van der Waals surface area (Å²) in [5.41, 5.74) is 2.63. The molecule has 2 aromatic rings. The summed E-state index contributed by atoms with van der Waals surface area (Å²) in [4.78, 5) is 19.1. The number of nitrogens with one attached hydrogen (secondary N) is 2. The van der Waals surface area contributed by atoms with E-state index in [2.05, 4.69) is 45.1 Å². The maximum atomic E-state index is 11.8. The van der Waals surface area contributed by atoms with E-state index in [1.807, 2.05) is 25.1 Å². The Morgan fingerprint density at radius 1 is 1.35 bits per heavy atom. The fourth-order valence-electron chi connectivity index (χ4n) is 1.93. The van der Waals surface area contributed by atoms with Crippen LogP contribution in [0.25, 0.3) is 11.4 Å². The monoisotopic (exact) mass is 335 g/mol. The summed E-state index contributed by atoms with van der Waals surface area (Å²) >= 11 is 3.44. The first-order valence-corrected chi connectivity index (χ1v) is 7.35. The van der Waals surface area contributed by atoms with Gasteiger partial charge in [-0.05, 0) is 30.7 Å². The lowest BCUT2D eigenvalue weighted by atomic mass is 10.1. The van der Waals surface area contributed by atoms with E-state index in [-0.39, 0.29) is 5.56 Å². The molecule has 0 aliphatic heterocycles. The molecule has 0 saturated carbocycles. The molecule has 106 valence electrons. The van der Waals surface area contributed by atoms with Crippen LogP contribution in [0.3, 0.4) is 0 Å². The van der Waals surface area contributed by atoms with Gasteiger partial charge in [0.2, 0.25) is 0 Å². The van der Waals surface area contributed by atoms with Crippen molar-refractivity contribution in [1.82, 2.24) is 15.3 Å². The number of halogens is 1. The third kappa shape index (κ3) is 3.77. The number of aryl methyl sites for hydroxylation is 1. The lowest BCUT2D eigenvalue weighted by Crippen LogP contribution is -2.24. The largest absolute Gasteiger partial charge is 0.309 e. The Morgan fingerprint density at radius 2 is 2.10 bits per heavy atom. The van der Waals surface area contributed by atoms with E-state index < -0.39 is 0 Å². The zero-order chi connectivity index (χ0) is 14.7. The topological polar surface area (TPSA) is 57.8 Å². The molecule has 0 saturated heterocycles. The van der Waals surface area contributed by atoms with E-state index in [9.17, 15) is 4.79 Å². The summed E-state index contributed by atoms with van der Waals surface area (Å²) in [5, 5.41) is 3.27. The highest BCUT2D eigenvalue weighted by Gasteiger charge is 2.07. The van der Waals surface area contributed by atoms with Crippen LogP contribution in [-0.2, 0) is 6.54 Å². The summed E-state index contributed by atoms with van der Waals surface area (Å²) in [6.07, 6.45) is 0. The Bertz CT molecular complexity index is 664. The summed E-state index contributed by atoms with van der Waals surface area (Å²) in [7, 11) is 0. The third-order valence-corrected chi connectivity index (χ3v) is 3.42. The Hall–Kier alpha value is -1.46. The van der Waals surface area contributed by atoms with Gasteiger partial charge in [0, 0.05) is 28.7 Å². The molecule has 0 radical (unpaired) electrons. The maximum absolute atomic E-state index is 11.8. The van der Waals surface area contributed by atoms with E-state index in [4.69, 9.17) is 0 Å². The van der Waals surface area contributed by atoms with E-state index in [1.165, 1.54) is 6.07 Å². The van der Waals surface area contributed by atoms with Crippen LogP contribution in [0.5, 0.6) is 0 Å². The second kappa shape index (κ2) is 6.33. The fraction of sp³-hybridized carbons (Fsp3) is 0.333. The van der Waals surface area contributed by atoms with Crippen LogP contribution >= 0.6 is 15.9 Å². The Balaban J connectivity index is 2.39. The van der Waals surface area contributed by atoms with Gasteiger partial charge < -0.3 is 10.3 Å². The molecule has 0 unspecified atom stereocenters. The molecule has 1 aromatic carbocycles. The molecule has 0 fully saturated rings. The van der Waals surface area contributed by atoms with Crippen LogP contribution in [0.15, 0.2) is 33.5 Å². The van der Waals surface area contributed by atoms with Crippen LogP contribution in [-0.4, -0.2) is 16.0 Å². The molecule has 20 heavy (non-hydrogen) atoms. The number of nitrogens with zero attached hydrogens (tertiary/aromatic N) is 1. The Labute approximate surface area is 126 Å². The second-order valence-corrected chi connectivity index (χ2v) is 6.00. The quantitative estimate of drug-likeness (QED) is 0.902. The van der Waals surface area contributed by atoms with Crippen molar-refractivity contribution in [3.8, 4) is 11.4 Å². The molecule has 0 amide bonds. The molecule has 5 heteroatoms. The number of benzene rings is 1. The average Bonchev–Trinajstić information content (AvgIpc) is 2.35. The molecule has 1 aromatic heterocycles. The standard InChI is InChI=1S/C15H18BrN3O/c1-9(2)17-8-12-7-14(20)19-15(18-12)13-5-4-11(16)6-10(13)3/h4-7,9,17H,8H2,1-3H3,(H,18,19,20). The molecule has 2 N–H and O–H groups in total. The van der Waals surface area contributed by atoms with Gasteiger partial charge in [0.25, 0.3) is 5.56 Å². The minimum Gasteiger partial charge on any atom is -0.309 e. The highest BCUT2D eigenvalue weighted by atomic mass is 79.9. The molecule has 4 nitrogen and oxygen atoms in total. The van der Waals surface area contributed by atoms with Crippen molar-refractivity contribution in [2.24, 2.45) is 0 Å². The van der Waals surface area contributed by atoms with E-state index >= 15 is 0 Å². The Kier molecular flexibility index (Phi) is 4.73. The number of H-pyrrole nitrogens is 1. The van der Waals surface area contributed by atoms with E-state index in [0.29, 0.717) is 18.4 Å². The molecule has 0 spiro atoms. The maximum Gasteiger partial charge on any atom is 0.251 e. The van der Waals surface area contributed by atoms with Gasteiger partial charge >= 0.3 is 0 Å². The van der Waals surface area contributed by atoms with Crippen molar-refractivity contribution >= 4 is 15.9 Å². The van der Waals surface area contributed by atoms with Crippen molar-refractivity contribution in [3.05, 3.63) is 50.3 Å². The van der Waals surface area contributed by atoms with Gasteiger partial charge in [0.15, 0.2) is 0 Å². The number of hydrogen-bond donors (Lipinski definition) is 2. The third-order valence-electron chi connectivity index (χ3n) is 2.93. The van der Waals surface area contributed by atoms with Gasteiger partial charge in [-0.3, -0.25) is 4.79 Å². The van der Waals surface area contributed by atoms with Gasteiger partial charge in [-0.1, -0.05) is 29.8 Å². The number of hydrogen-bond acceptors (Lipinski definition) is 3. The van der Waals surface area contributed by atoms with Crippen LogP contribution in [0, 0.1) is 6.92 Å². The predicted molar refractivity (Wildman–Crippen MR) is 84.7 cm³/mol. The van der Waals surface area contributed by atoms with Crippen molar-refractivity contribution in [3.63, 3.8) is 0 Å². The number of aromatic amines is 1. The lowest BCUT2D eigenvalue weighted by molar-refractivity contribution is 0.580. The first-order chi connectivity index (χ1) is 9.45. The Morgan fingerprint density at radius 3 is 2.75 bits per heavy atom. The number of aromatic nitrogens is 2. The molecule has 0 aliphatic rings. The van der Waals surface area contributed by atoms with Crippen LogP contribution in [0.1, 0.15) is 25.1 Å². The smallest absolute Gasteiger partial charge is 0.251 e. The van der Waals surface area contributed by atoms with Gasteiger partial charge in [-0.2, -0.15) is 0 Å². The molecular weight excluding hydrogens is 318 g/mol. The van der Waals surface area contributed by atoms with E-state index in [0.717, 1.165) is 21.3 Å². The number of rotatable bonds is 4. The molecule has 0 bridgehead atoms. The zero-order valence-corrected chi connectivity index (χ0v) is 13.4. The first kappa shape index (κ1) is 14.9. The average molecular weight is 336 g/mol. The SMILES string of the molecule is Cc1cc(Br)ccc1-c1nc(CNC(C)C)cc(=O)[nH]1. The van der Waals surface area contributed by atoms with Crippen molar-refractivity contribution < 1.29 is 0 Å². The second-order valence-electron chi connectivity index (χ2n) is 5.08. The molecule has 1 heterocycles. The van der Waals surface area contributed by atoms with Crippen LogP contribution < -0.4 is 10.9 Å². The lowest BCUT2D eigenvalue weighted by Gasteiger charge is -2.10. The molecule has 0 aliphatic carbocycles. The summed E-state index contributed by atoms with van der Waals surface area (Å²) in [6, 6.07) is 7.80. The van der Waals surface area contributed by atoms with Crippen molar-refractivity contribution in [2.45, 2.75) is 33.4 Å². The highest BCUT2D eigenvalue weighted by Crippen LogP contribution is 2.22. The minimum atomic E-state index is -0.127. The summed E-state index contributed by atoms with van der Waals surface area (Å²) in [6.45, 7) is 6.71. The predicted octanol–water partition coefficient (Wildman–Crippen LogP) is 3.01. The van der Waals surface area contributed by atoms with Crippen molar-refractivity contribution in [2.75, 3.05) is 0 Å².